The number of carbonyl (C=O) groups excluding carboxylic acids is 3. The maximum Gasteiger partial charge on any atom is 0.306 e. The van der Waals surface area contributed by atoms with Crippen molar-refractivity contribution in [1.29, 1.82) is 0 Å². The number of allylic oxidation sites excluding steroid dienone is 16. The molecule has 0 aromatic rings. The van der Waals surface area contributed by atoms with Crippen molar-refractivity contribution in [1.82, 2.24) is 0 Å². The fourth-order valence-corrected chi connectivity index (χ4v) is 7.66. The Morgan fingerprint density at radius 2 is 0.522 bits per heavy atom. The van der Waals surface area contributed by atoms with Gasteiger partial charge in [-0.25, -0.2) is 0 Å². The van der Waals surface area contributed by atoms with Gasteiger partial charge in [0.1, 0.15) is 13.2 Å². The minimum Gasteiger partial charge on any atom is -0.462 e. The van der Waals surface area contributed by atoms with Crippen LogP contribution in [0.1, 0.15) is 265 Å². The van der Waals surface area contributed by atoms with Gasteiger partial charge in [0, 0.05) is 19.3 Å². The molecular formula is C63H106O6. The molecule has 0 saturated heterocycles. The molecular weight excluding hydrogens is 853 g/mol. The van der Waals surface area contributed by atoms with Crippen molar-refractivity contribution in [2.45, 2.75) is 271 Å². The number of esters is 3. The second-order valence-electron chi connectivity index (χ2n) is 18.8. The van der Waals surface area contributed by atoms with Crippen molar-refractivity contribution in [3.8, 4) is 0 Å². The maximum absolute atomic E-state index is 12.9. The van der Waals surface area contributed by atoms with Gasteiger partial charge in [0.05, 0.1) is 0 Å². The SMILES string of the molecule is CCCCC/C=C\C/C=C\C/C=C\CCCCCCC(=O)OC[C@@H](COC(=O)CCCCCCCCC/C=C\C/C=C\CCCCC)OC(=O)CCCCCC/C=C\C/C=C\C/C=C\CCCCC. The van der Waals surface area contributed by atoms with E-state index in [0.717, 1.165) is 122 Å². The lowest BCUT2D eigenvalue weighted by Gasteiger charge is -2.18. The summed E-state index contributed by atoms with van der Waals surface area (Å²) in [7, 11) is 0. The molecule has 0 bridgehead atoms. The molecule has 0 heterocycles. The molecule has 0 aromatic carbocycles. The minimum atomic E-state index is -0.804. The lowest BCUT2D eigenvalue weighted by Crippen LogP contribution is -2.30. The van der Waals surface area contributed by atoms with Crippen LogP contribution in [0.4, 0.5) is 0 Å². The van der Waals surface area contributed by atoms with E-state index in [1.54, 1.807) is 0 Å². The average molecular weight is 960 g/mol. The minimum absolute atomic E-state index is 0.0989. The lowest BCUT2D eigenvalue weighted by atomic mass is 10.1. The van der Waals surface area contributed by atoms with Gasteiger partial charge < -0.3 is 14.2 Å². The number of rotatable bonds is 51. The van der Waals surface area contributed by atoms with Crippen LogP contribution in [-0.2, 0) is 28.6 Å². The Labute approximate surface area is 426 Å². The van der Waals surface area contributed by atoms with Crippen molar-refractivity contribution in [2.75, 3.05) is 13.2 Å². The van der Waals surface area contributed by atoms with Gasteiger partial charge in [0.25, 0.3) is 0 Å². The Hall–Kier alpha value is -3.67. The molecule has 0 unspecified atom stereocenters. The molecule has 0 aliphatic heterocycles. The molecule has 394 valence electrons. The molecule has 0 spiro atoms. The number of carbonyl (C=O) groups is 3. The third-order valence-electron chi connectivity index (χ3n) is 12.0. The summed E-state index contributed by atoms with van der Waals surface area (Å²) >= 11 is 0. The highest BCUT2D eigenvalue weighted by Crippen LogP contribution is 2.14. The Kier molecular flexibility index (Phi) is 53.9. The summed E-state index contributed by atoms with van der Waals surface area (Å²) in [5.41, 5.74) is 0. The van der Waals surface area contributed by atoms with Crippen molar-refractivity contribution in [3.63, 3.8) is 0 Å². The first-order chi connectivity index (χ1) is 34.0. The first-order valence-corrected chi connectivity index (χ1v) is 28.7. The van der Waals surface area contributed by atoms with E-state index in [4.69, 9.17) is 14.2 Å². The standard InChI is InChI=1S/C63H106O6/c1-4-7-10-13-16-19-22-25-28-31-34-37-40-43-46-49-52-55-61(64)67-58-60(69-63(66)57-54-51-48-45-42-39-36-33-30-27-24-21-18-15-12-9-6-3)59-68-62(65)56-53-50-47-44-41-38-35-32-29-26-23-20-17-14-11-8-5-2/h16-21,25-30,34,36-37,39,60H,4-15,22-24,31-33,35,38,40-59H2,1-3H3/b19-16-,20-17-,21-18-,28-25-,29-26-,30-27-,37-34-,39-36-/t60-/m0/s1. The monoisotopic (exact) mass is 959 g/mol. The van der Waals surface area contributed by atoms with Gasteiger partial charge in [-0.2, -0.15) is 0 Å². The smallest absolute Gasteiger partial charge is 0.306 e. The van der Waals surface area contributed by atoms with E-state index in [1.807, 2.05) is 0 Å². The third-order valence-corrected chi connectivity index (χ3v) is 12.0. The summed E-state index contributed by atoms with van der Waals surface area (Å²) in [6, 6.07) is 0. The highest BCUT2D eigenvalue weighted by atomic mass is 16.6. The van der Waals surface area contributed by atoms with Crippen LogP contribution < -0.4 is 0 Å². The first kappa shape index (κ1) is 65.3. The van der Waals surface area contributed by atoms with Crippen LogP contribution in [0.15, 0.2) is 97.2 Å². The topological polar surface area (TPSA) is 78.9 Å². The van der Waals surface area contributed by atoms with Gasteiger partial charge >= 0.3 is 17.9 Å². The molecule has 0 radical (unpaired) electrons. The number of hydrogen-bond acceptors (Lipinski definition) is 6. The van der Waals surface area contributed by atoms with E-state index in [2.05, 4.69) is 118 Å². The van der Waals surface area contributed by atoms with E-state index in [0.29, 0.717) is 19.3 Å². The van der Waals surface area contributed by atoms with Crippen LogP contribution in [-0.4, -0.2) is 37.2 Å². The molecule has 69 heavy (non-hydrogen) atoms. The summed E-state index contributed by atoms with van der Waals surface area (Å²) in [6.45, 7) is 6.52. The predicted molar refractivity (Wildman–Crippen MR) is 297 cm³/mol. The number of unbranched alkanes of at least 4 members (excludes halogenated alkanes) is 24. The van der Waals surface area contributed by atoms with Crippen molar-refractivity contribution < 1.29 is 28.6 Å². The molecule has 6 heteroatoms. The molecule has 0 aliphatic carbocycles. The molecule has 6 nitrogen and oxygen atoms in total. The van der Waals surface area contributed by atoms with E-state index >= 15 is 0 Å². The molecule has 0 fully saturated rings. The summed E-state index contributed by atoms with van der Waals surface area (Å²) in [6.07, 6.45) is 75.3. The molecule has 0 rings (SSSR count). The predicted octanol–water partition coefficient (Wildman–Crippen LogP) is 19.3. The van der Waals surface area contributed by atoms with Gasteiger partial charge in [-0.3, -0.25) is 14.4 Å². The molecule has 0 aromatic heterocycles. The molecule has 0 saturated carbocycles. The molecule has 0 amide bonds. The van der Waals surface area contributed by atoms with Crippen LogP contribution in [0.5, 0.6) is 0 Å². The van der Waals surface area contributed by atoms with E-state index < -0.39 is 6.10 Å². The second kappa shape index (κ2) is 56.9. The number of hydrogen-bond donors (Lipinski definition) is 0. The van der Waals surface area contributed by atoms with Gasteiger partial charge in [-0.05, 0) is 128 Å². The Bertz CT molecular complexity index is 1380. The fourth-order valence-electron chi connectivity index (χ4n) is 7.66. The second-order valence-corrected chi connectivity index (χ2v) is 18.8. The zero-order chi connectivity index (χ0) is 50.0. The summed E-state index contributed by atoms with van der Waals surface area (Å²) in [5, 5.41) is 0. The highest BCUT2D eigenvalue weighted by molar-refractivity contribution is 5.71. The van der Waals surface area contributed by atoms with E-state index in [9.17, 15) is 14.4 Å². The highest BCUT2D eigenvalue weighted by Gasteiger charge is 2.19. The van der Waals surface area contributed by atoms with Gasteiger partial charge in [0.2, 0.25) is 0 Å². The van der Waals surface area contributed by atoms with Crippen LogP contribution in [0.2, 0.25) is 0 Å². The molecule has 0 aliphatic rings. The molecule has 0 N–H and O–H groups in total. The third kappa shape index (κ3) is 55.1. The van der Waals surface area contributed by atoms with Gasteiger partial charge in [-0.15, -0.1) is 0 Å². The zero-order valence-electron chi connectivity index (χ0n) is 45.0. The Morgan fingerprint density at radius 3 is 0.812 bits per heavy atom. The molecule has 1 atom stereocenters. The normalized spacial score (nSPS) is 12.8. The van der Waals surface area contributed by atoms with Crippen molar-refractivity contribution >= 4 is 17.9 Å². The summed E-state index contributed by atoms with van der Waals surface area (Å²) in [4.78, 5) is 38.2. The fraction of sp³-hybridized carbons (Fsp3) is 0.698. The Morgan fingerprint density at radius 1 is 0.290 bits per heavy atom. The van der Waals surface area contributed by atoms with Crippen LogP contribution in [0, 0.1) is 0 Å². The van der Waals surface area contributed by atoms with Crippen LogP contribution in [0.25, 0.3) is 0 Å². The lowest BCUT2D eigenvalue weighted by molar-refractivity contribution is -0.167. The van der Waals surface area contributed by atoms with E-state index in [-0.39, 0.29) is 31.1 Å². The summed E-state index contributed by atoms with van der Waals surface area (Å²) < 4.78 is 16.8. The average Bonchev–Trinajstić information content (AvgIpc) is 3.35. The van der Waals surface area contributed by atoms with Crippen molar-refractivity contribution in [2.24, 2.45) is 0 Å². The maximum atomic E-state index is 12.9. The largest absolute Gasteiger partial charge is 0.462 e. The number of ether oxygens (including phenoxy) is 3. The van der Waals surface area contributed by atoms with Crippen LogP contribution >= 0.6 is 0 Å². The Balaban J connectivity index is 4.49. The first-order valence-electron chi connectivity index (χ1n) is 28.7. The van der Waals surface area contributed by atoms with Gasteiger partial charge in [-0.1, -0.05) is 214 Å². The summed E-state index contributed by atoms with van der Waals surface area (Å²) in [5.74, 6) is -0.948. The quantitative estimate of drug-likeness (QED) is 0.0262. The zero-order valence-corrected chi connectivity index (χ0v) is 45.0. The van der Waals surface area contributed by atoms with Crippen molar-refractivity contribution in [3.05, 3.63) is 97.2 Å². The van der Waals surface area contributed by atoms with E-state index in [1.165, 1.54) is 103 Å². The van der Waals surface area contributed by atoms with Crippen LogP contribution in [0.3, 0.4) is 0 Å². The van der Waals surface area contributed by atoms with Gasteiger partial charge in [0.15, 0.2) is 6.10 Å².